The molecule has 0 unspecified atom stereocenters. The number of nitrogens with zero attached hydrogens (tertiary/aromatic N) is 3. The number of hydrogen-bond acceptors (Lipinski definition) is 2. The van der Waals surface area contributed by atoms with Crippen LogP contribution < -0.4 is 10.2 Å². The fourth-order valence-corrected chi connectivity index (χ4v) is 2.73. The van der Waals surface area contributed by atoms with Gasteiger partial charge in [-0.15, -0.1) is 24.0 Å². The maximum Gasteiger partial charge on any atom is 0.198 e. The van der Waals surface area contributed by atoms with Crippen molar-refractivity contribution in [3.05, 3.63) is 65.2 Å². The Morgan fingerprint density at radius 1 is 1.22 bits per heavy atom. The Bertz CT molecular complexity index is 731. The Balaban J connectivity index is 0.00000192. The molecule has 0 atom stereocenters. The van der Waals surface area contributed by atoms with Gasteiger partial charge in [0.05, 0.1) is 11.6 Å². The highest BCUT2D eigenvalue weighted by molar-refractivity contribution is 14.0. The van der Waals surface area contributed by atoms with E-state index in [1.165, 1.54) is 11.3 Å². The number of rotatable bonds is 2. The van der Waals surface area contributed by atoms with Crippen molar-refractivity contribution in [3.8, 4) is 6.07 Å². The first-order chi connectivity index (χ1) is 10.8. The number of hydrogen-bond donors (Lipinski definition) is 1. The van der Waals surface area contributed by atoms with Crippen molar-refractivity contribution >= 4 is 35.6 Å². The van der Waals surface area contributed by atoms with Crippen molar-refractivity contribution in [2.45, 2.75) is 13.0 Å². The number of guanidine groups is 1. The van der Waals surface area contributed by atoms with E-state index in [2.05, 4.69) is 45.5 Å². The Kier molecular flexibility index (Phi) is 5.99. The van der Waals surface area contributed by atoms with Crippen molar-refractivity contribution in [1.82, 2.24) is 5.32 Å². The first-order valence-corrected chi connectivity index (χ1v) is 7.37. The summed E-state index contributed by atoms with van der Waals surface area (Å²) < 4.78 is 0. The van der Waals surface area contributed by atoms with Gasteiger partial charge in [-0.25, -0.2) is 0 Å². The summed E-state index contributed by atoms with van der Waals surface area (Å²) in [5, 5.41) is 12.2. The number of benzene rings is 2. The second-order valence-corrected chi connectivity index (χ2v) is 5.24. The third-order valence-electron chi connectivity index (χ3n) is 3.89. The summed E-state index contributed by atoms with van der Waals surface area (Å²) in [5.41, 5.74) is 4.41. The maximum absolute atomic E-state index is 8.83. The number of aliphatic imine (C=N–C) groups is 1. The Morgan fingerprint density at radius 2 is 1.96 bits per heavy atom. The average molecular weight is 418 g/mol. The first-order valence-electron chi connectivity index (χ1n) is 7.37. The third kappa shape index (κ3) is 3.82. The van der Waals surface area contributed by atoms with Crippen LogP contribution in [0.1, 0.15) is 16.7 Å². The molecular formula is C18H19IN4. The van der Waals surface area contributed by atoms with Crippen molar-refractivity contribution < 1.29 is 0 Å². The largest absolute Gasteiger partial charge is 0.352 e. The molecule has 0 saturated carbocycles. The summed E-state index contributed by atoms with van der Waals surface area (Å²) in [4.78, 5) is 6.62. The molecule has 0 aliphatic carbocycles. The molecule has 4 nitrogen and oxygen atoms in total. The monoisotopic (exact) mass is 418 g/mol. The van der Waals surface area contributed by atoms with Crippen LogP contribution in [0.3, 0.4) is 0 Å². The normalized spacial score (nSPS) is 13.0. The fourth-order valence-electron chi connectivity index (χ4n) is 2.73. The molecular weight excluding hydrogens is 399 g/mol. The van der Waals surface area contributed by atoms with Gasteiger partial charge in [0.1, 0.15) is 0 Å². The number of nitriles is 1. The van der Waals surface area contributed by atoms with Crippen LogP contribution in [0, 0.1) is 11.3 Å². The lowest BCUT2D eigenvalue weighted by Gasteiger charge is -2.22. The van der Waals surface area contributed by atoms with Gasteiger partial charge >= 0.3 is 0 Å². The zero-order chi connectivity index (χ0) is 15.4. The van der Waals surface area contributed by atoms with Crippen molar-refractivity contribution in [2.24, 2.45) is 4.99 Å². The standard InChI is InChI=1S/C18H18N4.HI/c1-20-18(21-13-15-8-6-14(12-19)7-9-15)22-11-10-16-4-2-3-5-17(16)22;/h2-9H,10-11,13H2,1H3,(H,20,21);1H. The highest BCUT2D eigenvalue weighted by atomic mass is 127. The van der Waals surface area contributed by atoms with E-state index in [9.17, 15) is 0 Å². The Morgan fingerprint density at radius 3 is 2.65 bits per heavy atom. The van der Waals surface area contributed by atoms with Crippen LogP contribution in [0.4, 0.5) is 5.69 Å². The molecule has 118 valence electrons. The minimum Gasteiger partial charge on any atom is -0.352 e. The molecule has 1 aliphatic rings. The zero-order valence-electron chi connectivity index (χ0n) is 13.0. The summed E-state index contributed by atoms with van der Waals surface area (Å²) in [6, 6.07) is 18.2. The molecule has 3 rings (SSSR count). The Labute approximate surface area is 153 Å². The lowest BCUT2D eigenvalue weighted by Crippen LogP contribution is -2.40. The van der Waals surface area contributed by atoms with Gasteiger partial charge in [-0.3, -0.25) is 4.99 Å². The predicted molar refractivity (Wildman–Crippen MR) is 104 cm³/mol. The molecule has 5 heteroatoms. The van der Waals surface area contributed by atoms with Gasteiger partial charge in [0.25, 0.3) is 0 Å². The van der Waals surface area contributed by atoms with Crippen LogP contribution in [0.2, 0.25) is 0 Å². The third-order valence-corrected chi connectivity index (χ3v) is 3.89. The summed E-state index contributed by atoms with van der Waals surface area (Å²) in [6.07, 6.45) is 1.05. The van der Waals surface area contributed by atoms with Gasteiger partial charge in [-0.1, -0.05) is 30.3 Å². The summed E-state index contributed by atoms with van der Waals surface area (Å²) in [5.74, 6) is 0.884. The number of nitrogens with one attached hydrogen (secondary N) is 1. The van der Waals surface area contributed by atoms with E-state index >= 15 is 0 Å². The number of halogens is 1. The second kappa shape index (κ2) is 7.97. The van der Waals surface area contributed by atoms with Gasteiger partial charge in [0.15, 0.2) is 5.96 Å². The molecule has 1 heterocycles. The Hall–Kier alpha value is -2.07. The summed E-state index contributed by atoms with van der Waals surface area (Å²) in [7, 11) is 1.81. The second-order valence-electron chi connectivity index (χ2n) is 5.24. The van der Waals surface area contributed by atoms with E-state index in [4.69, 9.17) is 5.26 Å². The smallest absolute Gasteiger partial charge is 0.198 e. The van der Waals surface area contributed by atoms with E-state index < -0.39 is 0 Å². The average Bonchev–Trinajstić information content (AvgIpc) is 3.00. The van der Waals surface area contributed by atoms with Crippen LogP contribution in [0.5, 0.6) is 0 Å². The molecule has 2 aromatic rings. The van der Waals surface area contributed by atoms with Gasteiger partial charge in [0, 0.05) is 25.8 Å². The van der Waals surface area contributed by atoms with Crippen LogP contribution >= 0.6 is 24.0 Å². The van der Waals surface area contributed by atoms with Gasteiger partial charge < -0.3 is 10.2 Å². The van der Waals surface area contributed by atoms with Crippen LogP contribution in [0.25, 0.3) is 0 Å². The lowest BCUT2D eigenvalue weighted by molar-refractivity contribution is 0.867. The summed E-state index contributed by atoms with van der Waals surface area (Å²) in [6.45, 7) is 1.64. The maximum atomic E-state index is 8.83. The molecule has 0 amide bonds. The number of anilines is 1. The van der Waals surface area contributed by atoms with Gasteiger partial charge in [-0.2, -0.15) is 5.26 Å². The predicted octanol–water partition coefficient (Wildman–Crippen LogP) is 3.31. The van der Waals surface area contributed by atoms with Crippen molar-refractivity contribution in [1.29, 1.82) is 5.26 Å². The van der Waals surface area contributed by atoms with Crippen LogP contribution in [-0.4, -0.2) is 19.6 Å². The SMILES string of the molecule is CN=C(NCc1ccc(C#N)cc1)N1CCc2ccccc21.I. The fraction of sp³-hybridized carbons (Fsp3) is 0.222. The molecule has 0 bridgehead atoms. The molecule has 0 saturated heterocycles. The topological polar surface area (TPSA) is 51.4 Å². The van der Waals surface area contributed by atoms with E-state index in [0.717, 1.165) is 24.5 Å². The highest BCUT2D eigenvalue weighted by Crippen LogP contribution is 2.27. The number of para-hydroxylation sites is 1. The van der Waals surface area contributed by atoms with E-state index in [1.807, 2.05) is 31.3 Å². The minimum atomic E-state index is 0. The van der Waals surface area contributed by atoms with Crippen molar-refractivity contribution in [3.63, 3.8) is 0 Å². The van der Waals surface area contributed by atoms with Gasteiger partial charge in [0.2, 0.25) is 0 Å². The molecule has 0 aromatic heterocycles. The molecule has 23 heavy (non-hydrogen) atoms. The molecule has 0 spiro atoms. The van der Waals surface area contributed by atoms with E-state index in [0.29, 0.717) is 12.1 Å². The van der Waals surface area contributed by atoms with Crippen molar-refractivity contribution in [2.75, 3.05) is 18.5 Å². The van der Waals surface area contributed by atoms with Crippen LogP contribution in [-0.2, 0) is 13.0 Å². The lowest BCUT2D eigenvalue weighted by atomic mass is 10.1. The number of fused-ring (bicyclic) bond motifs is 1. The first kappa shape index (κ1) is 17.3. The molecule has 0 radical (unpaired) electrons. The molecule has 1 aliphatic heterocycles. The zero-order valence-corrected chi connectivity index (χ0v) is 15.3. The molecule has 2 aromatic carbocycles. The minimum absolute atomic E-state index is 0. The highest BCUT2D eigenvalue weighted by Gasteiger charge is 2.22. The molecule has 0 fully saturated rings. The van der Waals surface area contributed by atoms with Gasteiger partial charge in [-0.05, 0) is 35.7 Å². The quantitative estimate of drug-likeness (QED) is 0.463. The molecule has 1 N–H and O–H groups in total. The van der Waals surface area contributed by atoms with E-state index in [1.54, 1.807) is 0 Å². The van der Waals surface area contributed by atoms with Crippen LogP contribution in [0.15, 0.2) is 53.5 Å². The summed E-state index contributed by atoms with van der Waals surface area (Å²) >= 11 is 0. The van der Waals surface area contributed by atoms with E-state index in [-0.39, 0.29) is 24.0 Å².